The van der Waals surface area contributed by atoms with E-state index in [1.165, 1.54) is 10.9 Å². The van der Waals surface area contributed by atoms with Crippen molar-refractivity contribution in [3.8, 4) is 0 Å². The molecule has 20 heavy (non-hydrogen) atoms. The van der Waals surface area contributed by atoms with Crippen LogP contribution in [0.15, 0.2) is 28.7 Å². The molecule has 1 heterocycles. The molecule has 1 aromatic carbocycles. The van der Waals surface area contributed by atoms with Crippen molar-refractivity contribution in [2.24, 2.45) is 0 Å². The second-order valence-corrected chi connectivity index (χ2v) is 6.31. The topological polar surface area (TPSA) is 25.2 Å². The van der Waals surface area contributed by atoms with Crippen LogP contribution in [0.3, 0.4) is 0 Å². The normalized spacial score (nSPS) is 13.8. The van der Waals surface area contributed by atoms with Gasteiger partial charge in [0.25, 0.3) is 0 Å². The summed E-state index contributed by atoms with van der Waals surface area (Å²) in [5.74, 6) is 1.03. The van der Waals surface area contributed by atoms with Crippen LogP contribution in [0, 0.1) is 0 Å². The van der Waals surface area contributed by atoms with Crippen LogP contribution in [0.5, 0.6) is 0 Å². The summed E-state index contributed by atoms with van der Waals surface area (Å²) in [6.45, 7) is 12.2. The van der Waals surface area contributed by atoms with Crippen molar-refractivity contribution in [2.45, 2.75) is 58.9 Å². The SMILES string of the molecule is CCCNC(C)c1cc2cc(C(C)(C)CC)ccc2o1. The molecule has 0 spiro atoms. The van der Waals surface area contributed by atoms with Gasteiger partial charge in [-0.2, -0.15) is 0 Å². The van der Waals surface area contributed by atoms with Crippen LogP contribution in [0.25, 0.3) is 11.0 Å². The lowest BCUT2D eigenvalue weighted by atomic mass is 9.82. The first kappa shape index (κ1) is 15.1. The van der Waals surface area contributed by atoms with Crippen LogP contribution in [-0.2, 0) is 5.41 Å². The molecule has 0 amide bonds. The van der Waals surface area contributed by atoms with Crippen molar-refractivity contribution >= 4 is 11.0 Å². The molecule has 0 saturated carbocycles. The molecule has 1 unspecified atom stereocenters. The fourth-order valence-electron chi connectivity index (χ4n) is 2.36. The van der Waals surface area contributed by atoms with Gasteiger partial charge in [-0.25, -0.2) is 0 Å². The summed E-state index contributed by atoms with van der Waals surface area (Å²) in [6, 6.07) is 9.03. The van der Waals surface area contributed by atoms with Gasteiger partial charge in [-0.1, -0.05) is 33.8 Å². The maximum atomic E-state index is 5.97. The molecule has 0 saturated heterocycles. The van der Waals surface area contributed by atoms with Gasteiger partial charge in [-0.05, 0) is 55.5 Å². The van der Waals surface area contributed by atoms with Gasteiger partial charge in [0.15, 0.2) is 0 Å². The Kier molecular flexibility index (Phi) is 4.54. The highest BCUT2D eigenvalue weighted by molar-refractivity contribution is 5.79. The predicted octanol–water partition coefficient (Wildman–Crippen LogP) is 5.18. The average Bonchev–Trinajstić information content (AvgIpc) is 2.87. The third-order valence-electron chi connectivity index (χ3n) is 4.33. The van der Waals surface area contributed by atoms with Gasteiger partial charge in [0, 0.05) is 5.39 Å². The maximum Gasteiger partial charge on any atom is 0.134 e. The number of nitrogens with one attached hydrogen (secondary N) is 1. The van der Waals surface area contributed by atoms with E-state index in [1.54, 1.807) is 0 Å². The zero-order chi connectivity index (χ0) is 14.8. The zero-order valence-electron chi connectivity index (χ0n) is 13.4. The molecule has 0 aliphatic rings. The third kappa shape index (κ3) is 3.06. The monoisotopic (exact) mass is 273 g/mol. The van der Waals surface area contributed by atoms with Crippen molar-refractivity contribution in [1.29, 1.82) is 0 Å². The predicted molar refractivity (Wildman–Crippen MR) is 86.2 cm³/mol. The summed E-state index contributed by atoms with van der Waals surface area (Å²) in [4.78, 5) is 0. The lowest BCUT2D eigenvalue weighted by Gasteiger charge is -2.23. The van der Waals surface area contributed by atoms with Crippen LogP contribution in [0.4, 0.5) is 0 Å². The molecule has 0 radical (unpaired) electrons. The highest BCUT2D eigenvalue weighted by atomic mass is 16.3. The number of furan rings is 1. The average molecular weight is 273 g/mol. The molecule has 0 fully saturated rings. The minimum atomic E-state index is 0.220. The molecule has 2 heteroatoms. The Bertz CT molecular complexity index is 568. The second kappa shape index (κ2) is 6.01. The van der Waals surface area contributed by atoms with Crippen molar-refractivity contribution in [2.75, 3.05) is 6.54 Å². The number of rotatable bonds is 6. The first-order valence-electron chi connectivity index (χ1n) is 7.75. The maximum absolute atomic E-state index is 5.97. The molecular weight excluding hydrogens is 246 g/mol. The molecule has 2 nitrogen and oxygen atoms in total. The minimum absolute atomic E-state index is 0.220. The van der Waals surface area contributed by atoms with Crippen LogP contribution in [0.2, 0.25) is 0 Å². The molecule has 1 aromatic heterocycles. The van der Waals surface area contributed by atoms with Gasteiger partial charge >= 0.3 is 0 Å². The van der Waals surface area contributed by atoms with E-state index in [0.717, 1.165) is 30.7 Å². The minimum Gasteiger partial charge on any atom is -0.459 e. The number of benzene rings is 1. The lowest BCUT2D eigenvalue weighted by Crippen LogP contribution is -2.18. The van der Waals surface area contributed by atoms with E-state index in [1.807, 2.05) is 0 Å². The van der Waals surface area contributed by atoms with Gasteiger partial charge in [0.05, 0.1) is 6.04 Å². The third-order valence-corrected chi connectivity index (χ3v) is 4.33. The fourth-order valence-corrected chi connectivity index (χ4v) is 2.36. The first-order chi connectivity index (χ1) is 9.47. The number of hydrogen-bond donors (Lipinski definition) is 1. The van der Waals surface area contributed by atoms with Crippen LogP contribution in [0.1, 0.15) is 64.8 Å². The van der Waals surface area contributed by atoms with E-state index in [9.17, 15) is 0 Å². The van der Waals surface area contributed by atoms with E-state index in [4.69, 9.17) is 4.42 Å². The second-order valence-electron chi connectivity index (χ2n) is 6.31. The molecule has 0 aliphatic carbocycles. The first-order valence-corrected chi connectivity index (χ1v) is 7.75. The van der Waals surface area contributed by atoms with E-state index in [2.05, 4.69) is 64.2 Å². The summed E-state index contributed by atoms with van der Waals surface area (Å²) in [7, 11) is 0. The summed E-state index contributed by atoms with van der Waals surface area (Å²) in [5.41, 5.74) is 2.59. The van der Waals surface area contributed by atoms with Gasteiger partial charge in [-0.3, -0.25) is 0 Å². The Morgan fingerprint density at radius 1 is 1.20 bits per heavy atom. The van der Waals surface area contributed by atoms with Gasteiger partial charge in [-0.15, -0.1) is 0 Å². The van der Waals surface area contributed by atoms with E-state index >= 15 is 0 Å². The Hall–Kier alpha value is -1.28. The summed E-state index contributed by atoms with van der Waals surface area (Å²) in [5, 5.41) is 4.68. The largest absolute Gasteiger partial charge is 0.459 e. The van der Waals surface area contributed by atoms with Crippen molar-refractivity contribution in [3.05, 3.63) is 35.6 Å². The zero-order valence-corrected chi connectivity index (χ0v) is 13.4. The molecule has 2 aromatic rings. The molecule has 110 valence electrons. The fraction of sp³-hybridized carbons (Fsp3) is 0.556. The van der Waals surface area contributed by atoms with Crippen molar-refractivity contribution < 1.29 is 4.42 Å². The Morgan fingerprint density at radius 2 is 1.95 bits per heavy atom. The van der Waals surface area contributed by atoms with Gasteiger partial charge < -0.3 is 9.73 Å². The molecule has 1 atom stereocenters. The lowest BCUT2D eigenvalue weighted by molar-refractivity contribution is 0.452. The van der Waals surface area contributed by atoms with Crippen molar-refractivity contribution in [1.82, 2.24) is 5.32 Å². The quantitative estimate of drug-likeness (QED) is 0.784. The Balaban J connectivity index is 2.30. The van der Waals surface area contributed by atoms with Crippen LogP contribution >= 0.6 is 0 Å². The molecule has 1 N–H and O–H groups in total. The molecule has 0 bridgehead atoms. The molecular formula is C18H27NO. The Labute approximate surface area is 122 Å². The van der Waals surface area contributed by atoms with Crippen LogP contribution in [-0.4, -0.2) is 6.54 Å². The van der Waals surface area contributed by atoms with Crippen LogP contribution < -0.4 is 5.32 Å². The van der Waals surface area contributed by atoms with Gasteiger partial charge in [0.2, 0.25) is 0 Å². The van der Waals surface area contributed by atoms with E-state index in [-0.39, 0.29) is 11.5 Å². The highest BCUT2D eigenvalue weighted by Crippen LogP contribution is 2.31. The Morgan fingerprint density at radius 3 is 2.60 bits per heavy atom. The van der Waals surface area contributed by atoms with Crippen molar-refractivity contribution in [3.63, 3.8) is 0 Å². The molecule has 0 aliphatic heterocycles. The number of hydrogen-bond acceptors (Lipinski definition) is 2. The van der Waals surface area contributed by atoms with Gasteiger partial charge in [0.1, 0.15) is 11.3 Å². The summed E-state index contributed by atoms with van der Waals surface area (Å²) >= 11 is 0. The summed E-state index contributed by atoms with van der Waals surface area (Å²) in [6.07, 6.45) is 2.27. The summed E-state index contributed by atoms with van der Waals surface area (Å²) < 4.78 is 5.97. The van der Waals surface area contributed by atoms with E-state index < -0.39 is 0 Å². The standard InChI is InChI=1S/C18H27NO/c1-6-10-19-13(3)17-12-14-11-15(18(4,5)7-2)8-9-16(14)20-17/h8-9,11-13,19H,6-7,10H2,1-5H3. The number of fused-ring (bicyclic) bond motifs is 1. The smallest absolute Gasteiger partial charge is 0.134 e. The van der Waals surface area contributed by atoms with E-state index in [0.29, 0.717) is 0 Å². The molecule has 2 rings (SSSR count). The highest BCUT2D eigenvalue weighted by Gasteiger charge is 2.19.